The van der Waals surface area contributed by atoms with Crippen LogP contribution in [-0.2, 0) is 13.0 Å². The first-order chi connectivity index (χ1) is 12.2. The van der Waals surface area contributed by atoms with Crippen LogP contribution in [0.15, 0.2) is 28.9 Å². The summed E-state index contributed by atoms with van der Waals surface area (Å²) in [4.78, 5) is 4.64. The molecule has 10 heteroatoms. The van der Waals surface area contributed by atoms with E-state index < -0.39 is 0 Å². The van der Waals surface area contributed by atoms with Gasteiger partial charge in [-0.25, -0.2) is 9.61 Å². The number of rotatable bonds is 6. The highest BCUT2D eigenvalue weighted by Gasteiger charge is 2.18. The Hall–Kier alpha value is -3.01. The van der Waals surface area contributed by atoms with E-state index in [1.807, 2.05) is 24.3 Å². The molecule has 0 aliphatic heterocycles. The molecule has 9 nitrogen and oxygen atoms in total. The lowest BCUT2D eigenvalue weighted by molar-refractivity contribution is 0.310. The molecular weight excluding hydrogens is 340 g/mol. The molecule has 0 saturated heterocycles. The van der Waals surface area contributed by atoms with Gasteiger partial charge in [-0.1, -0.05) is 23.5 Å². The second-order valence-corrected chi connectivity index (χ2v) is 6.66. The van der Waals surface area contributed by atoms with Crippen molar-refractivity contribution in [2.45, 2.75) is 25.8 Å². The van der Waals surface area contributed by atoms with Crippen LogP contribution in [0.5, 0.6) is 0 Å². The minimum Gasteiger partial charge on any atom is -0.379 e. The number of imidazole rings is 1. The normalized spacial score (nSPS) is 11.4. The fourth-order valence-electron chi connectivity index (χ4n) is 2.75. The fourth-order valence-corrected chi connectivity index (χ4v) is 3.40. The van der Waals surface area contributed by atoms with Crippen LogP contribution in [0.2, 0.25) is 0 Å². The quantitative estimate of drug-likeness (QED) is 0.502. The Kier molecular flexibility index (Phi) is 4.02. The molecule has 0 atom stereocenters. The highest BCUT2D eigenvalue weighted by Crippen LogP contribution is 2.27. The Labute approximate surface area is 146 Å². The number of anilines is 2. The fraction of sp³-hybridized carbons (Fsp3) is 0.267. The Morgan fingerprint density at radius 3 is 2.72 bits per heavy atom. The molecular formula is C15H16N8OS. The molecule has 1 aromatic carbocycles. The van der Waals surface area contributed by atoms with Gasteiger partial charge in [-0.15, -0.1) is 10.2 Å². The van der Waals surface area contributed by atoms with Gasteiger partial charge >= 0.3 is 0 Å². The van der Waals surface area contributed by atoms with Crippen LogP contribution in [0.4, 0.5) is 10.9 Å². The molecule has 0 aliphatic rings. The lowest BCUT2D eigenvalue weighted by Gasteiger charge is -2.07. The van der Waals surface area contributed by atoms with Crippen molar-refractivity contribution in [2.24, 2.45) is 0 Å². The van der Waals surface area contributed by atoms with Crippen LogP contribution < -0.4 is 11.5 Å². The molecule has 25 heavy (non-hydrogen) atoms. The Balaban J connectivity index is 1.56. The van der Waals surface area contributed by atoms with Crippen LogP contribution >= 0.6 is 11.3 Å². The lowest BCUT2D eigenvalue weighted by atomic mass is 10.2. The number of hydrogen-bond donors (Lipinski definition) is 2. The third-order valence-corrected chi connectivity index (χ3v) is 4.70. The first kappa shape index (κ1) is 15.5. The van der Waals surface area contributed by atoms with Crippen LogP contribution in [0.3, 0.4) is 0 Å². The monoisotopic (exact) mass is 356 g/mol. The van der Waals surface area contributed by atoms with Gasteiger partial charge in [0.15, 0.2) is 17.3 Å². The van der Waals surface area contributed by atoms with Crippen molar-refractivity contribution in [3.05, 3.63) is 29.3 Å². The Morgan fingerprint density at radius 2 is 1.96 bits per heavy atom. The molecule has 0 bridgehead atoms. The van der Waals surface area contributed by atoms with Gasteiger partial charge in [-0.2, -0.15) is 0 Å². The average Bonchev–Trinajstić information content (AvgIpc) is 3.30. The second kappa shape index (κ2) is 6.48. The molecule has 0 aliphatic carbocycles. The number of aromatic nitrogens is 6. The van der Waals surface area contributed by atoms with Crippen molar-refractivity contribution >= 4 is 33.3 Å². The number of para-hydroxylation sites is 2. The topological polar surface area (TPSA) is 135 Å². The lowest BCUT2D eigenvalue weighted by Crippen LogP contribution is -2.03. The van der Waals surface area contributed by atoms with Crippen molar-refractivity contribution in [1.82, 2.24) is 30.1 Å². The largest absolute Gasteiger partial charge is 0.379 e. The standard InChI is InChI=1S/C15H16N8OS/c16-13-12(21-24-22-13)14-18-9-5-1-2-6-10(9)23(14)8-4-3-7-11-19-20-15(17)25-11/h1-2,5-6H,3-4,7-8H2,(H2,16,22)(H2,17,20). The zero-order chi connectivity index (χ0) is 17.2. The predicted octanol–water partition coefficient (Wildman–Crippen LogP) is 2.13. The van der Waals surface area contributed by atoms with Gasteiger partial charge in [0.25, 0.3) is 0 Å². The molecule has 0 fully saturated rings. The smallest absolute Gasteiger partial charge is 0.203 e. The zero-order valence-electron chi connectivity index (χ0n) is 13.3. The number of nitrogens with two attached hydrogens (primary N) is 2. The molecule has 4 aromatic rings. The molecule has 0 unspecified atom stereocenters. The highest BCUT2D eigenvalue weighted by atomic mass is 32.1. The third kappa shape index (κ3) is 3.03. The van der Waals surface area contributed by atoms with E-state index in [0.29, 0.717) is 16.6 Å². The van der Waals surface area contributed by atoms with E-state index in [9.17, 15) is 0 Å². The first-order valence-corrected chi connectivity index (χ1v) is 8.65. The minimum absolute atomic E-state index is 0.237. The molecule has 0 spiro atoms. The molecule has 0 amide bonds. The summed E-state index contributed by atoms with van der Waals surface area (Å²) < 4.78 is 6.83. The maximum Gasteiger partial charge on any atom is 0.203 e. The molecule has 4 rings (SSSR count). The van der Waals surface area contributed by atoms with Gasteiger partial charge in [-0.05, 0) is 35.3 Å². The predicted molar refractivity (Wildman–Crippen MR) is 94.7 cm³/mol. The summed E-state index contributed by atoms with van der Waals surface area (Å²) in [5.74, 6) is 0.904. The molecule has 3 heterocycles. The average molecular weight is 356 g/mol. The van der Waals surface area contributed by atoms with E-state index in [4.69, 9.17) is 16.1 Å². The van der Waals surface area contributed by atoms with Crippen molar-refractivity contribution in [1.29, 1.82) is 0 Å². The van der Waals surface area contributed by atoms with E-state index in [0.717, 1.165) is 41.8 Å². The number of hydrogen-bond acceptors (Lipinski definition) is 9. The second-order valence-electron chi connectivity index (χ2n) is 5.56. The summed E-state index contributed by atoms with van der Waals surface area (Å²) in [6, 6.07) is 7.93. The Morgan fingerprint density at radius 1 is 1.08 bits per heavy atom. The summed E-state index contributed by atoms with van der Waals surface area (Å²) in [6.07, 6.45) is 2.76. The van der Waals surface area contributed by atoms with Gasteiger partial charge in [0.2, 0.25) is 5.13 Å². The molecule has 4 N–H and O–H groups in total. The van der Waals surface area contributed by atoms with Gasteiger partial charge in [0.05, 0.1) is 11.0 Å². The number of nitrogen functional groups attached to an aromatic ring is 2. The first-order valence-electron chi connectivity index (χ1n) is 7.84. The van der Waals surface area contributed by atoms with E-state index in [1.54, 1.807) is 0 Å². The van der Waals surface area contributed by atoms with Crippen LogP contribution in [0.1, 0.15) is 17.8 Å². The molecule has 128 valence electrons. The summed E-state index contributed by atoms with van der Waals surface area (Å²) in [5, 5.41) is 16.9. The third-order valence-electron chi connectivity index (χ3n) is 3.89. The number of fused-ring (bicyclic) bond motifs is 1. The van der Waals surface area contributed by atoms with E-state index in [2.05, 4.69) is 30.1 Å². The number of aryl methyl sites for hydroxylation is 2. The molecule has 0 radical (unpaired) electrons. The summed E-state index contributed by atoms with van der Waals surface area (Å²) >= 11 is 1.43. The summed E-state index contributed by atoms with van der Waals surface area (Å²) in [6.45, 7) is 0.774. The SMILES string of the molecule is Nc1nnc(CCCCn2c(-c3nonc3N)nc3ccccc32)s1. The van der Waals surface area contributed by atoms with Crippen molar-refractivity contribution < 1.29 is 4.63 Å². The molecule has 0 saturated carbocycles. The molecule has 3 aromatic heterocycles. The van der Waals surface area contributed by atoms with Crippen LogP contribution in [0, 0.1) is 0 Å². The van der Waals surface area contributed by atoms with Crippen LogP contribution in [-0.4, -0.2) is 30.1 Å². The van der Waals surface area contributed by atoms with Crippen LogP contribution in [0.25, 0.3) is 22.6 Å². The Bertz CT molecular complexity index is 1000. The maximum absolute atomic E-state index is 5.85. The van der Waals surface area contributed by atoms with E-state index in [-0.39, 0.29) is 5.82 Å². The number of unbranched alkanes of at least 4 members (excludes halogenated alkanes) is 1. The van der Waals surface area contributed by atoms with Gasteiger partial charge in [0.1, 0.15) is 5.01 Å². The summed E-state index contributed by atoms with van der Waals surface area (Å²) in [7, 11) is 0. The van der Waals surface area contributed by atoms with Gasteiger partial charge in [0, 0.05) is 13.0 Å². The highest BCUT2D eigenvalue weighted by molar-refractivity contribution is 7.15. The van der Waals surface area contributed by atoms with Gasteiger partial charge in [-0.3, -0.25) is 0 Å². The number of benzene rings is 1. The van der Waals surface area contributed by atoms with E-state index in [1.165, 1.54) is 11.3 Å². The summed E-state index contributed by atoms with van der Waals surface area (Å²) in [5.41, 5.74) is 13.8. The van der Waals surface area contributed by atoms with Crippen molar-refractivity contribution in [2.75, 3.05) is 11.5 Å². The van der Waals surface area contributed by atoms with E-state index >= 15 is 0 Å². The van der Waals surface area contributed by atoms with Crippen molar-refractivity contribution in [3.8, 4) is 11.5 Å². The number of nitrogens with zero attached hydrogens (tertiary/aromatic N) is 6. The van der Waals surface area contributed by atoms with Gasteiger partial charge < -0.3 is 16.0 Å². The minimum atomic E-state index is 0.237. The van der Waals surface area contributed by atoms with Crippen molar-refractivity contribution in [3.63, 3.8) is 0 Å². The maximum atomic E-state index is 5.85. The zero-order valence-corrected chi connectivity index (χ0v) is 14.1.